The van der Waals surface area contributed by atoms with E-state index in [-0.39, 0.29) is 11.9 Å². The van der Waals surface area contributed by atoms with Crippen LogP contribution in [0, 0.1) is 0 Å². The molecule has 1 unspecified atom stereocenters. The predicted octanol–water partition coefficient (Wildman–Crippen LogP) is 3.04. The highest BCUT2D eigenvalue weighted by Crippen LogP contribution is 2.31. The molecule has 1 saturated heterocycles. The lowest BCUT2D eigenvalue weighted by Gasteiger charge is -2.34. The molecule has 0 aromatic carbocycles. The van der Waals surface area contributed by atoms with Crippen molar-refractivity contribution >= 4 is 49.6 Å². The highest BCUT2D eigenvalue weighted by molar-refractivity contribution is 7.27. The van der Waals surface area contributed by atoms with Crippen molar-refractivity contribution in [3.8, 4) is 0 Å². The molecule has 1 aliphatic heterocycles. The molecule has 0 N–H and O–H groups in total. The molecule has 1 aliphatic rings. The van der Waals surface area contributed by atoms with Crippen LogP contribution in [0.5, 0.6) is 0 Å². The van der Waals surface area contributed by atoms with Crippen LogP contribution in [0.4, 0.5) is 0 Å². The lowest BCUT2D eigenvalue weighted by Crippen LogP contribution is -2.49. The number of thiophene rings is 2. The summed E-state index contributed by atoms with van der Waals surface area (Å²) in [7, 11) is 0. The van der Waals surface area contributed by atoms with Crippen LogP contribution in [-0.2, 0) is 4.74 Å². The van der Waals surface area contributed by atoms with Gasteiger partial charge >= 0.3 is 0 Å². The lowest BCUT2D eigenvalue weighted by molar-refractivity contribution is 0.00484. The summed E-state index contributed by atoms with van der Waals surface area (Å²) in [5, 5.41) is 2.05. The normalized spacial score (nSPS) is 20.5. The van der Waals surface area contributed by atoms with Gasteiger partial charge in [-0.3, -0.25) is 4.79 Å². The van der Waals surface area contributed by atoms with Crippen LogP contribution in [0.1, 0.15) is 9.67 Å². The highest BCUT2D eigenvalue weighted by atomic mass is 35.5. The van der Waals surface area contributed by atoms with Gasteiger partial charge in [0.2, 0.25) is 0 Å². The molecule has 0 radical (unpaired) electrons. The monoisotopic (exact) mass is 301 g/mol. The van der Waals surface area contributed by atoms with Crippen molar-refractivity contribution < 1.29 is 9.53 Å². The first-order valence-electron chi connectivity index (χ1n) is 5.71. The predicted molar refractivity (Wildman–Crippen MR) is 76.1 cm³/mol. The van der Waals surface area contributed by atoms with E-state index < -0.39 is 0 Å². The summed E-state index contributed by atoms with van der Waals surface area (Å²) < 4.78 is 7.72. The summed E-state index contributed by atoms with van der Waals surface area (Å²) in [5.41, 5.74) is 0. The number of ether oxygens (including phenoxy) is 1. The van der Waals surface area contributed by atoms with Crippen LogP contribution in [0.2, 0.25) is 0 Å². The quantitative estimate of drug-likeness (QED) is 0.798. The van der Waals surface area contributed by atoms with Crippen molar-refractivity contribution in [2.75, 3.05) is 25.6 Å². The molecule has 96 valence electrons. The smallest absolute Gasteiger partial charge is 0.264 e. The summed E-state index contributed by atoms with van der Waals surface area (Å²) in [6, 6.07) is 4.03. The number of hydrogen-bond donors (Lipinski definition) is 0. The molecule has 2 aromatic rings. The average Bonchev–Trinajstić information content (AvgIpc) is 2.98. The minimum Gasteiger partial charge on any atom is -0.377 e. The standard InChI is InChI=1S/C12H12ClNO2S2/c13-6-8-7-16-3-2-14(8)12(15)11-5-10-9(18-11)1-4-17-10/h1,4-5,8H,2-3,6-7H2. The Labute approximate surface area is 118 Å². The fourth-order valence-corrected chi connectivity index (χ4v) is 4.38. The fourth-order valence-electron chi connectivity index (χ4n) is 2.06. The Bertz CT molecular complexity index is 537. The molecule has 0 bridgehead atoms. The van der Waals surface area contributed by atoms with E-state index in [9.17, 15) is 4.79 Å². The molecule has 2 aromatic heterocycles. The van der Waals surface area contributed by atoms with E-state index >= 15 is 0 Å². The van der Waals surface area contributed by atoms with E-state index in [4.69, 9.17) is 16.3 Å². The number of rotatable bonds is 2. The van der Waals surface area contributed by atoms with E-state index in [0.717, 1.165) is 4.88 Å². The first-order valence-corrected chi connectivity index (χ1v) is 7.94. The number of alkyl halides is 1. The van der Waals surface area contributed by atoms with Crippen molar-refractivity contribution in [1.82, 2.24) is 4.90 Å². The minimum atomic E-state index is -0.00643. The van der Waals surface area contributed by atoms with Gasteiger partial charge in [0.25, 0.3) is 5.91 Å². The van der Waals surface area contributed by atoms with Gasteiger partial charge in [-0.1, -0.05) is 0 Å². The number of carbonyl (C=O) groups excluding carboxylic acids is 1. The number of hydrogen-bond acceptors (Lipinski definition) is 4. The van der Waals surface area contributed by atoms with Gasteiger partial charge in [-0.05, 0) is 17.5 Å². The molecule has 3 nitrogen and oxygen atoms in total. The molecule has 0 spiro atoms. The van der Waals surface area contributed by atoms with Gasteiger partial charge in [0.05, 0.1) is 24.1 Å². The molecule has 3 heterocycles. The molecule has 1 atom stereocenters. The first-order chi connectivity index (χ1) is 8.79. The molecule has 6 heteroatoms. The molecule has 18 heavy (non-hydrogen) atoms. The summed E-state index contributed by atoms with van der Waals surface area (Å²) in [4.78, 5) is 15.1. The number of fused-ring (bicyclic) bond motifs is 1. The van der Waals surface area contributed by atoms with Gasteiger partial charge in [0.15, 0.2) is 0 Å². The molecule has 3 rings (SSSR count). The number of nitrogens with zero attached hydrogens (tertiary/aromatic N) is 1. The zero-order chi connectivity index (χ0) is 12.5. The van der Waals surface area contributed by atoms with E-state index in [0.29, 0.717) is 25.6 Å². The van der Waals surface area contributed by atoms with Gasteiger partial charge in [0, 0.05) is 21.8 Å². The first kappa shape index (κ1) is 12.4. The number of halogens is 1. The maximum absolute atomic E-state index is 12.5. The summed E-state index contributed by atoms with van der Waals surface area (Å²) in [6.45, 7) is 1.76. The topological polar surface area (TPSA) is 29.5 Å². The van der Waals surface area contributed by atoms with Crippen LogP contribution in [0.15, 0.2) is 17.5 Å². The van der Waals surface area contributed by atoms with Crippen LogP contribution >= 0.6 is 34.3 Å². The van der Waals surface area contributed by atoms with Crippen molar-refractivity contribution in [3.05, 3.63) is 22.4 Å². The SMILES string of the molecule is O=C(c1cc2sccc2s1)N1CCOCC1CCl. The van der Waals surface area contributed by atoms with Crippen molar-refractivity contribution in [3.63, 3.8) is 0 Å². The van der Waals surface area contributed by atoms with E-state index in [1.165, 1.54) is 9.40 Å². The van der Waals surface area contributed by atoms with Crippen molar-refractivity contribution in [2.45, 2.75) is 6.04 Å². The van der Waals surface area contributed by atoms with Gasteiger partial charge in [0.1, 0.15) is 0 Å². The second-order valence-electron chi connectivity index (χ2n) is 4.14. The maximum atomic E-state index is 12.5. The van der Waals surface area contributed by atoms with E-state index in [1.807, 2.05) is 16.3 Å². The van der Waals surface area contributed by atoms with E-state index in [1.54, 1.807) is 22.7 Å². The maximum Gasteiger partial charge on any atom is 0.264 e. The minimum absolute atomic E-state index is 0.00643. The van der Waals surface area contributed by atoms with Crippen LogP contribution in [0.3, 0.4) is 0 Å². The average molecular weight is 302 g/mol. The van der Waals surface area contributed by atoms with Gasteiger partial charge in [-0.2, -0.15) is 0 Å². The Balaban J connectivity index is 1.86. The molecular weight excluding hydrogens is 290 g/mol. The van der Waals surface area contributed by atoms with Gasteiger partial charge < -0.3 is 9.64 Å². The van der Waals surface area contributed by atoms with Crippen LogP contribution in [0.25, 0.3) is 9.40 Å². The molecule has 1 fully saturated rings. The Hall–Kier alpha value is -0.620. The third kappa shape index (κ3) is 2.16. The molecule has 0 aliphatic carbocycles. The number of amides is 1. The fraction of sp³-hybridized carbons (Fsp3) is 0.417. The van der Waals surface area contributed by atoms with Gasteiger partial charge in [-0.25, -0.2) is 0 Å². The summed E-state index contributed by atoms with van der Waals surface area (Å²) in [5.74, 6) is 0.503. The van der Waals surface area contributed by atoms with Crippen molar-refractivity contribution in [1.29, 1.82) is 0 Å². The van der Waals surface area contributed by atoms with Crippen LogP contribution in [-0.4, -0.2) is 42.5 Å². The largest absolute Gasteiger partial charge is 0.377 e. The molecule has 1 amide bonds. The third-order valence-electron chi connectivity index (χ3n) is 3.02. The zero-order valence-corrected chi connectivity index (χ0v) is 12.0. The van der Waals surface area contributed by atoms with E-state index in [2.05, 4.69) is 6.07 Å². The Morgan fingerprint density at radius 2 is 2.44 bits per heavy atom. The Kier molecular flexibility index (Phi) is 3.56. The Morgan fingerprint density at radius 3 is 3.22 bits per heavy atom. The summed E-state index contributed by atoms with van der Waals surface area (Å²) in [6.07, 6.45) is 0. The zero-order valence-electron chi connectivity index (χ0n) is 9.60. The number of carbonyl (C=O) groups is 1. The second kappa shape index (κ2) is 5.17. The second-order valence-corrected chi connectivity index (χ2v) is 6.48. The third-order valence-corrected chi connectivity index (χ3v) is 5.45. The molecular formula is C12H12ClNO2S2. The van der Waals surface area contributed by atoms with Crippen molar-refractivity contribution in [2.24, 2.45) is 0 Å². The Morgan fingerprint density at radius 1 is 1.56 bits per heavy atom. The number of morpholine rings is 1. The van der Waals surface area contributed by atoms with Crippen LogP contribution < -0.4 is 0 Å². The van der Waals surface area contributed by atoms with Gasteiger partial charge in [-0.15, -0.1) is 34.3 Å². The lowest BCUT2D eigenvalue weighted by atomic mass is 10.2. The highest BCUT2D eigenvalue weighted by Gasteiger charge is 2.28. The summed E-state index contributed by atoms with van der Waals surface area (Å²) >= 11 is 9.12. The molecule has 0 saturated carbocycles.